The molecule has 0 aromatic heterocycles. The molecular formula is C16H31NO4. The Labute approximate surface area is 128 Å². The molecule has 0 radical (unpaired) electrons. The summed E-state index contributed by atoms with van der Waals surface area (Å²) in [5, 5.41) is 17.4. The van der Waals surface area contributed by atoms with Gasteiger partial charge in [0.25, 0.3) is 0 Å². The van der Waals surface area contributed by atoms with Gasteiger partial charge in [0.05, 0.1) is 12.8 Å². The number of aliphatic carboxylic acids is 2. The van der Waals surface area contributed by atoms with Crippen LogP contribution in [0.1, 0.15) is 65.2 Å². The Kier molecular flexibility index (Phi) is 12.0. The normalized spacial score (nSPS) is 11.2. The van der Waals surface area contributed by atoms with Gasteiger partial charge in [-0.15, -0.1) is 0 Å². The third-order valence-corrected chi connectivity index (χ3v) is 3.54. The zero-order valence-corrected chi connectivity index (χ0v) is 13.5. The van der Waals surface area contributed by atoms with Gasteiger partial charge in [0, 0.05) is 13.1 Å². The lowest BCUT2D eigenvalue weighted by Gasteiger charge is -2.20. The SMILES string of the molecule is CC(C)CCCCCCCN(CCC(=O)O)CCC(=O)O. The summed E-state index contributed by atoms with van der Waals surface area (Å²) >= 11 is 0. The highest BCUT2D eigenvalue weighted by molar-refractivity contribution is 5.67. The van der Waals surface area contributed by atoms with Crippen molar-refractivity contribution >= 4 is 11.9 Å². The number of unbranched alkanes of at least 4 members (excludes halogenated alkanes) is 4. The van der Waals surface area contributed by atoms with Gasteiger partial charge >= 0.3 is 11.9 Å². The molecule has 0 unspecified atom stereocenters. The third-order valence-electron chi connectivity index (χ3n) is 3.54. The molecular weight excluding hydrogens is 270 g/mol. The summed E-state index contributed by atoms with van der Waals surface area (Å²) in [7, 11) is 0. The van der Waals surface area contributed by atoms with Crippen LogP contribution in [0.15, 0.2) is 0 Å². The van der Waals surface area contributed by atoms with E-state index in [4.69, 9.17) is 10.2 Å². The Bertz CT molecular complexity index is 274. The minimum atomic E-state index is -0.830. The van der Waals surface area contributed by atoms with Crippen molar-refractivity contribution in [2.45, 2.75) is 65.2 Å². The molecule has 5 nitrogen and oxygen atoms in total. The van der Waals surface area contributed by atoms with Crippen molar-refractivity contribution in [3.63, 3.8) is 0 Å². The van der Waals surface area contributed by atoms with Crippen LogP contribution >= 0.6 is 0 Å². The summed E-state index contributed by atoms with van der Waals surface area (Å²) < 4.78 is 0. The highest BCUT2D eigenvalue weighted by Gasteiger charge is 2.09. The van der Waals surface area contributed by atoms with E-state index in [1.807, 2.05) is 4.90 Å². The lowest BCUT2D eigenvalue weighted by Crippen LogP contribution is -2.30. The first kappa shape index (κ1) is 19.9. The van der Waals surface area contributed by atoms with Crippen LogP contribution in [-0.2, 0) is 9.59 Å². The van der Waals surface area contributed by atoms with Gasteiger partial charge in [-0.2, -0.15) is 0 Å². The van der Waals surface area contributed by atoms with Gasteiger partial charge in [-0.25, -0.2) is 0 Å². The first-order chi connectivity index (χ1) is 9.91. The van der Waals surface area contributed by atoms with Crippen molar-refractivity contribution in [3.05, 3.63) is 0 Å². The van der Waals surface area contributed by atoms with E-state index < -0.39 is 11.9 Å². The summed E-state index contributed by atoms with van der Waals surface area (Å²) in [6.07, 6.45) is 7.32. The Morgan fingerprint density at radius 3 is 1.76 bits per heavy atom. The fourth-order valence-corrected chi connectivity index (χ4v) is 2.26. The molecule has 0 aliphatic carbocycles. The van der Waals surface area contributed by atoms with Crippen molar-refractivity contribution in [1.29, 1.82) is 0 Å². The molecule has 0 atom stereocenters. The number of carboxylic acid groups (broad SMARTS) is 2. The van der Waals surface area contributed by atoms with Gasteiger partial charge in [0.15, 0.2) is 0 Å². The standard InChI is InChI=1S/C16H31NO4/c1-14(2)8-6-4-3-5-7-11-17(12-9-15(18)19)13-10-16(20)21/h14H,3-13H2,1-2H3,(H,18,19)(H,20,21). The molecule has 2 N–H and O–H groups in total. The molecule has 0 aliphatic heterocycles. The van der Waals surface area contributed by atoms with E-state index in [1.165, 1.54) is 25.7 Å². The molecule has 0 bridgehead atoms. The number of hydrogen-bond donors (Lipinski definition) is 2. The van der Waals surface area contributed by atoms with Crippen LogP contribution in [-0.4, -0.2) is 46.7 Å². The van der Waals surface area contributed by atoms with E-state index in [0.29, 0.717) is 13.1 Å². The fourth-order valence-electron chi connectivity index (χ4n) is 2.26. The maximum absolute atomic E-state index is 10.6. The Balaban J connectivity index is 3.73. The smallest absolute Gasteiger partial charge is 0.304 e. The lowest BCUT2D eigenvalue weighted by molar-refractivity contribution is -0.137. The van der Waals surface area contributed by atoms with Crippen molar-refractivity contribution < 1.29 is 19.8 Å². The van der Waals surface area contributed by atoms with E-state index in [1.54, 1.807) is 0 Å². The second-order valence-electron chi connectivity index (χ2n) is 6.08. The van der Waals surface area contributed by atoms with Crippen LogP contribution in [0.4, 0.5) is 0 Å². The Morgan fingerprint density at radius 1 is 0.810 bits per heavy atom. The minimum Gasteiger partial charge on any atom is -0.481 e. The summed E-state index contributed by atoms with van der Waals surface area (Å²) in [4.78, 5) is 23.2. The van der Waals surface area contributed by atoms with E-state index in [0.717, 1.165) is 25.3 Å². The Morgan fingerprint density at radius 2 is 1.29 bits per heavy atom. The van der Waals surface area contributed by atoms with E-state index in [2.05, 4.69) is 13.8 Å². The second kappa shape index (κ2) is 12.6. The molecule has 124 valence electrons. The van der Waals surface area contributed by atoms with Crippen LogP contribution in [0.5, 0.6) is 0 Å². The van der Waals surface area contributed by atoms with E-state index >= 15 is 0 Å². The Hall–Kier alpha value is -1.10. The highest BCUT2D eigenvalue weighted by Crippen LogP contribution is 2.11. The molecule has 0 aromatic carbocycles. The molecule has 0 aromatic rings. The summed E-state index contributed by atoms with van der Waals surface area (Å²) in [5.41, 5.74) is 0. The van der Waals surface area contributed by atoms with Gasteiger partial charge < -0.3 is 15.1 Å². The summed E-state index contributed by atoms with van der Waals surface area (Å²) in [5.74, 6) is -0.888. The molecule has 0 spiro atoms. The molecule has 0 heterocycles. The monoisotopic (exact) mass is 301 g/mol. The zero-order valence-electron chi connectivity index (χ0n) is 13.5. The van der Waals surface area contributed by atoms with Crippen LogP contribution < -0.4 is 0 Å². The maximum atomic E-state index is 10.6. The molecule has 5 heteroatoms. The first-order valence-corrected chi connectivity index (χ1v) is 8.07. The van der Waals surface area contributed by atoms with E-state index in [-0.39, 0.29) is 12.8 Å². The third kappa shape index (κ3) is 15.1. The maximum Gasteiger partial charge on any atom is 0.304 e. The van der Waals surface area contributed by atoms with Gasteiger partial charge in [0.1, 0.15) is 0 Å². The average Bonchev–Trinajstić information content (AvgIpc) is 2.39. The molecule has 0 aliphatic rings. The van der Waals surface area contributed by atoms with E-state index in [9.17, 15) is 9.59 Å². The average molecular weight is 301 g/mol. The fraction of sp³-hybridized carbons (Fsp3) is 0.875. The van der Waals surface area contributed by atoms with Crippen LogP contribution in [0.25, 0.3) is 0 Å². The molecule has 0 fully saturated rings. The van der Waals surface area contributed by atoms with Gasteiger partial charge in [-0.1, -0.05) is 46.0 Å². The highest BCUT2D eigenvalue weighted by atomic mass is 16.4. The number of carboxylic acids is 2. The second-order valence-corrected chi connectivity index (χ2v) is 6.08. The van der Waals surface area contributed by atoms with Gasteiger partial charge in [0.2, 0.25) is 0 Å². The van der Waals surface area contributed by atoms with Crippen LogP contribution in [0, 0.1) is 5.92 Å². The summed E-state index contributed by atoms with van der Waals surface area (Å²) in [6, 6.07) is 0. The molecule has 0 saturated heterocycles. The molecule has 0 amide bonds. The summed E-state index contributed by atoms with van der Waals surface area (Å²) in [6.45, 7) is 6.15. The zero-order chi connectivity index (χ0) is 16.1. The van der Waals surface area contributed by atoms with Gasteiger partial charge in [-0.3, -0.25) is 9.59 Å². The number of carbonyl (C=O) groups is 2. The molecule has 21 heavy (non-hydrogen) atoms. The number of rotatable bonds is 14. The first-order valence-electron chi connectivity index (χ1n) is 8.07. The van der Waals surface area contributed by atoms with Crippen molar-refractivity contribution in [2.24, 2.45) is 5.92 Å². The molecule has 0 saturated carbocycles. The number of hydrogen-bond acceptors (Lipinski definition) is 3. The predicted molar refractivity (Wildman–Crippen MR) is 83.5 cm³/mol. The van der Waals surface area contributed by atoms with Crippen LogP contribution in [0.3, 0.4) is 0 Å². The lowest BCUT2D eigenvalue weighted by atomic mass is 10.0. The van der Waals surface area contributed by atoms with Crippen molar-refractivity contribution in [1.82, 2.24) is 4.90 Å². The quantitative estimate of drug-likeness (QED) is 0.482. The van der Waals surface area contributed by atoms with Crippen molar-refractivity contribution in [2.75, 3.05) is 19.6 Å². The molecule has 0 rings (SSSR count). The predicted octanol–water partition coefficient (Wildman–Crippen LogP) is 3.23. The minimum absolute atomic E-state index is 0.0774. The van der Waals surface area contributed by atoms with Gasteiger partial charge in [-0.05, 0) is 18.9 Å². The largest absolute Gasteiger partial charge is 0.481 e. The topological polar surface area (TPSA) is 77.8 Å². The van der Waals surface area contributed by atoms with Crippen LogP contribution in [0.2, 0.25) is 0 Å². The van der Waals surface area contributed by atoms with Crippen molar-refractivity contribution in [3.8, 4) is 0 Å². The number of nitrogens with zero attached hydrogens (tertiary/aromatic N) is 1.